The van der Waals surface area contributed by atoms with E-state index in [1.165, 1.54) is 20.2 Å². The van der Waals surface area contributed by atoms with Crippen LogP contribution in [0, 0.1) is 0 Å². The van der Waals surface area contributed by atoms with Crippen LogP contribution in [0.25, 0.3) is 0 Å². The van der Waals surface area contributed by atoms with E-state index in [1.807, 2.05) is 0 Å². The quantitative estimate of drug-likeness (QED) is 0.685. The number of anilines is 2. The van der Waals surface area contributed by atoms with Crippen molar-refractivity contribution in [1.29, 1.82) is 0 Å². The highest BCUT2D eigenvalue weighted by Crippen LogP contribution is 2.28. The van der Waals surface area contributed by atoms with Gasteiger partial charge in [0, 0.05) is 13.8 Å². The Morgan fingerprint density at radius 2 is 2.12 bits per heavy atom. The van der Waals surface area contributed by atoms with Gasteiger partial charge in [-0.15, -0.1) is 0 Å². The first-order valence-corrected chi connectivity index (χ1v) is 4.57. The Hall–Kier alpha value is -2.31. The molecule has 0 saturated carbocycles. The van der Waals surface area contributed by atoms with Crippen LogP contribution in [0.15, 0.2) is 0 Å². The number of rotatable bonds is 2. The van der Waals surface area contributed by atoms with Crippen molar-refractivity contribution in [1.82, 2.24) is 15.0 Å². The molecule has 1 aliphatic rings. The van der Waals surface area contributed by atoms with Crippen LogP contribution in [-0.2, 0) is 4.79 Å². The van der Waals surface area contributed by atoms with Crippen molar-refractivity contribution in [2.45, 2.75) is 13.8 Å². The standard InChI is InChI=1S/C9H9N5O2/c1-4(15)7-13-8-6(10-3-11-8)9(14-7)12-5(2)16/h3,10H,1-2H3,(H,12,13,14,16)/q+1. The summed E-state index contributed by atoms with van der Waals surface area (Å²) in [6.07, 6.45) is 1.43. The molecule has 0 saturated heterocycles. The lowest BCUT2D eigenvalue weighted by atomic mass is 10.3. The average Bonchev–Trinajstić information content (AvgIpc) is 2.64. The first kappa shape index (κ1) is 10.2. The summed E-state index contributed by atoms with van der Waals surface area (Å²) in [7, 11) is 0. The predicted octanol–water partition coefficient (Wildman–Crippen LogP) is 0.0587. The number of fused-ring (bicyclic) bond motifs is 1. The maximum atomic E-state index is 11.2. The van der Waals surface area contributed by atoms with Crippen LogP contribution in [0.2, 0.25) is 0 Å². The zero-order valence-corrected chi connectivity index (χ0v) is 8.74. The molecule has 81 valence electrons. The van der Waals surface area contributed by atoms with E-state index < -0.39 is 0 Å². The Morgan fingerprint density at radius 1 is 1.38 bits per heavy atom. The van der Waals surface area contributed by atoms with E-state index in [9.17, 15) is 9.59 Å². The topological polar surface area (TPSA) is 98.1 Å². The number of Topliss-reactive ketones (excluding diaryl/α,β-unsaturated/α-hetero) is 1. The van der Waals surface area contributed by atoms with Gasteiger partial charge in [0.15, 0.2) is 5.82 Å². The lowest BCUT2D eigenvalue weighted by molar-refractivity contribution is -0.114. The maximum absolute atomic E-state index is 11.2. The molecular weight excluding hydrogens is 210 g/mol. The molecule has 1 aliphatic heterocycles. The smallest absolute Gasteiger partial charge is 0.308 e. The molecule has 2 N–H and O–H groups in total. The fourth-order valence-corrected chi connectivity index (χ4v) is 1.25. The molecule has 2 rings (SSSR count). The number of aliphatic imine (C=N–C) groups is 1. The minimum Gasteiger partial charge on any atom is -0.308 e. The third-order valence-electron chi connectivity index (χ3n) is 1.89. The van der Waals surface area contributed by atoms with Crippen molar-refractivity contribution in [3.8, 4) is 0 Å². The van der Waals surface area contributed by atoms with E-state index in [1.54, 1.807) is 0 Å². The van der Waals surface area contributed by atoms with E-state index in [4.69, 9.17) is 0 Å². The molecule has 0 aliphatic carbocycles. The molecule has 7 nitrogen and oxygen atoms in total. The van der Waals surface area contributed by atoms with Crippen LogP contribution in [0.3, 0.4) is 0 Å². The molecule has 0 bridgehead atoms. The van der Waals surface area contributed by atoms with Gasteiger partial charge in [0.05, 0.1) is 0 Å². The number of amides is 1. The van der Waals surface area contributed by atoms with Crippen LogP contribution in [0.1, 0.15) is 24.5 Å². The Morgan fingerprint density at radius 3 is 2.75 bits per heavy atom. The van der Waals surface area contributed by atoms with Gasteiger partial charge in [-0.3, -0.25) is 14.9 Å². The van der Waals surface area contributed by atoms with Crippen LogP contribution >= 0.6 is 0 Å². The summed E-state index contributed by atoms with van der Waals surface area (Å²) >= 11 is 0. The van der Waals surface area contributed by atoms with Crippen molar-refractivity contribution in [2.24, 2.45) is 0 Å². The molecule has 0 fully saturated rings. The molecule has 7 heteroatoms. The Kier molecular flexibility index (Phi) is 2.35. The molecule has 0 unspecified atom stereocenters. The summed E-state index contributed by atoms with van der Waals surface area (Å²) in [6, 6.07) is 0. The monoisotopic (exact) mass is 219 g/mol. The Labute approximate surface area is 91.0 Å². The highest BCUT2D eigenvalue weighted by atomic mass is 16.1. The first-order valence-electron chi connectivity index (χ1n) is 4.57. The molecule has 2 heterocycles. The Bertz CT molecular complexity index is 509. The van der Waals surface area contributed by atoms with Crippen molar-refractivity contribution in [2.75, 3.05) is 10.6 Å². The second-order valence-corrected chi connectivity index (χ2v) is 3.23. The number of carbonyl (C=O) groups excluding carboxylic acids is 2. The second-order valence-electron chi connectivity index (χ2n) is 3.23. The predicted molar refractivity (Wildman–Crippen MR) is 57.8 cm³/mol. The van der Waals surface area contributed by atoms with Gasteiger partial charge >= 0.3 is 5.82 Å². The molecule has 0 aromatic carbocycles. The molecule has 0 atom stereocenters. The fourth-order valence-electron chi connectivity index (χ4n) is 1.25. The van der Waals surface area contributed by atoms with Gasteiger partial charge < -0.3 is 5.32 Å². The van der Waals surface area contributed by atoms with Gasteiger partial charge in [0.2, 0.25) is 23.7 Å². The second kappa shape index (κ2) is 3.69. The fraction of sp³-hybridized carbons (Fsp3) is 0.222. The molecule has 1 radical (unpaired) electrons. The normalized spacial score (nSPS) is 11.9. The van der Waals surface area contributed by atoms with Gasteiger partial charge in [-0.05, 0) is 0 Å². The maximum Gasteiger partial charge on any atom is 0.342 e. The molecule has 1 amide bonds. The summed E-state index contributed by atoms with van der Waals surface area (Å²) in [5, 5.41) is 5.31. The molecular formula is C9H9N5O2+. The third kappa shape index (κ3) is 1.74. The number of nitrogens with one attached hydrogen (secondary N) is 2. The number of hydrogen-bond donors (Lipinski definition) is 2. The summed E-state index contributed by atoms with van der Waals surface area (Å²) < 4.78 is 0. The number of hydrogen-bond acceptors (Lipinski definition) is 6. The van der Waals surface area contributed by atoms with Crippen LogP contribution in [-0.4, -0.2) is 28.0 Å². The zero-order valence-electron chi connectivity index (χ0n) is 8.74. The number of ketones is 1. The minimum atomic E-state index is -0.281. The average molecular weight is 219 g/mol. The molecule has 0 spiro atoms. The van der Waals surface area contributed by atoms with E-state index in [2.05, 4.69) is 25.6 Å². The van der Waals surface area contributed by atoms with Crippen LogP contribution < -0.4 is 15.6 Å². The van der Waals surface area contributed by atoms with E-state index in [0.29, 0.717) is 11.5 Å². The SMILES string of the molecule is CC(=O)Nc1nc(C(C)=O)nc2c1NC=[N+]2. The van der Waals surface area contributed by atoms with Gasteiger partial charge in [-0.2, -0.15) is 4.98 Å². The minimum absolute atomic E-state index is 0.0309. The van der Waals surface area contributed by atoms with Gasteiger partial charge in [0.25, 0.3) is 5.82 Å². The molecule has 1 aromatic rings. The van der Waals surface area contributed by atoms with E-state index >= 15 is 0 Å². The van der Waals surface area contributed by atoms with Gasteiger partial charge in [-0.1, -0.05) is 9.98 Å². The van der Waals surface area contributed by atoms with Crippen LogP contribution in [0.5, 0.6) is 0 Å². The lowest BCUT2D eigenvalue weighted by Gasteiger charge is -2.02. The molecule has 16 heavy (non-hydrogen) atoms. The number of nitrogens with zero attached hydrogens (tertiary/aromatic N) is 3. The highest BCUT2D eigenvalue weighted by molar-refractivity contribution is 6.01. The van der Waals surface area contributed by atoms with Crippen molar-refractivity contribution >= 4 is 35.4 Å². The summed E-state index contributed by atoms with van der Waals surface area (Å²) in [5.74, 6) is 0.0908. The van der Waals surface area contributed by atoms with Crippen molar-refractivity contribution in [3.05, 3.63) is 5.82 Å². The summed E-state index contributed by atoms with van der Waals surface area (Å²) in [5.41, 5.74) is 0.500. The van der Waals surface area contributed by atoms with Crippen molar-refractivity contribution in [3.63, 3.8) is 0 Å². The molecule has 1 aromatic heterocycles. The van der Waals surface area contributed by atoms with E-state index in [-0.39, 0.29) is 23.3 Å². The van der Waals surface area contributed by atoms with Gasteiger partial charge in [-0.25, -0.2) is 0 Å². The van der Waals surface area contributed by atoms with Gasteiger partial charge in [0.1, 0.15) is 0 Å². The largest absolute Gasteiger partial charge is 0.342 e. The summed E-state index contributed by atoms with van der Waals surface area (Å²) in [6.45, 7) is 2.71. The lowest BCUT2D eigenvalue weighted by Crippen LogP contribution is -2.12. The summed E-state index contributed by atoms with van der Waals surface area (Å²) in [4.78, 5) is 34.0. The third-order valence-corrected chi connectivity index (χ3v) is 1.89. The van der Waals surface area contributed by atoms with Crippen molar-refractivity contribution < 1.29 is 9.59 Å². The Balaban J connectivity index is 2.51. The first-order chi connectivity index (χ1) is 7.58. The highest BCUT2D eigenvalue weighted by Gasteiger charge is 2.27. The number of aromatic nitrogens is 2. The van der Waals surface area contributed by atoms with Crippen LogP contribution in [0.4, 0.5) is 17.3 Å². The van der Waals surface area contributed by atoms with E-state index in [0.717, 1.165) is 0 Å². The zero-order chi connectivity index (χ0) is 11.7. The number of carbonyl (C=O) groups is 2.